The minimum atomic E-state index is -0.353. The number of carbonyl (C=O) groups is 1. The van der Waals surface area contributed by atoms with E-state index in [1.165, 1.54) is 11.8 Å². The highest BCUT2D eigenvalue weighted by Crippen LogP contribution is 2.31. The molecule has 4 aromatic rings. The first kappa shape index (κ1) is 21.7. The molecule has 0 bridgehead atoms. The molecule has 33 heavy (non-hydrogen) atoms. The van der Waals surface area contributed by atoms with Crippen LogP contribution in [0, 0.1) is 0 Å². The number of fused-ring (bicyclic) bond motifs is 3. The topological polar surface area (TPSA) is 90.6 Å². The molecule has 9 heteroatoms. The monoisotopic (exact) mass is 463 g/mol. The number of hydrogen-bond donors (Lipinski definition) is 1. The summed E-state index contributed by atoms with van der Waals surface area (Å²) in [4.78, 5) is 17.6. The second-order valence-electron chi connectivity index (χ2n) is 7.96. The molecular formula is C24H25N5O3S. The molecule has 2 aromatic carbocycles. The van der Waals surface area contributed by atoms with Gasteiger partial charge in [0, 0.05) is 24.1 Å². The standard InChI is InChI=1S/C24H25N5O3S/c1-15(23(30)25-14-18-6-5-13-32-18)33-24-28-27-22-19-7-3-4-8-20(19)26-21(29(22)24)16-9-11-17(31-2)12-10-16/h3-4,7-12,15,18H,5-6,13-14H2,1-2H3,(H,25,30)/t15-,18+/m1/s1. The molecule has 0 aliphatic carbocycles. The van der Waals surface area contributed by atoms with Crippen LogP contribution in [0.5, 0.6) is 5.75 Å². The van der Waals surface area contributed by atoms with E-state index in [0.29, 0.717) is 23.2 Å². The van der Waals surface area contributed by atoms with Crippen molar-refractivity contribution in [1.29, 1.82) is 0 Å². The number of nitrogens with zero attached hydrogens (tertiary/aromatic N) is 4. The molecule has 2 aromatic heterocycles. The van der Waals surface area contributed by atoms with Gasteiger partial charge in [0.15, 0.2) is 10.8 Å². The van der Waals surface area contributed by atoms with Crippen LogP contribution in [0.25, 0.3) is 27.9 Å². The molecule has 1 aliphatic heterocycles. The van der Waals surface area contributed by atoms with Gasteiger partial charge in [-0.25, -0.2) is 4.98 Å². The van der Waals surface area contributed by atoms with Gasteiger partial charge in [-0.15, -0.1) is 10.2 Å². The lowest BCUT2D eigenvalue weighted by Gasteiger charge is -2.15. The number of amides is 1. The number of carbonyl (C=O) groups excluding carboxylic acids is 1. The van der Waals surface area contributed by atoms with Crippen molar-refractivity contribution >= 4 is 34.2 Å². The normalized spacial score (nSPS) is 16.8. The molecular weight excluding hydrogens is 438 g/mol. The summed E-state index contributed by atoms with van der Waals surface area (Å²) in [6.45, 7) is 3.18. The van der Waals surface area contributed by atoms with E-state index in [0.717, 1.165) is 41.7 Å². The molecule has 2 atom stereocenters. The lowest BCUT2D eigenvalue weighted by molar-refractivity contribution is -0.120. The Balaban J connectivity index is 1.49. The van der Waals surface area contributed by atoms with Crippen molar-refractivity contribution in [3.05, 3.63) is 48.5 Å². The van der Waals surface area contributed by atoms with Crippen LogP contribution in [0.2, 0.25) is 0 Å². The lowest BCUT2D eigenvalue weighted by Crippen LogP contribution is -2.36. The van der Waals surface area contributed by atoms with Gasteiger partial charge in [-0.2, -0.15) is 0 Å². The van der Waals surface area contributed by atoms with Gasteiger partial charge in [-0.05, 0) is 56.2 Å². The van der Waals surface area contributed by atoms with Crippen molar-refractivity contribution in [1.82, 2.24) is 24.9 Å². The van der Waals surface area contributed by atoms with Crippen LogP contribution in [-0.4, -0.2) is 57.1 Å². The van der Waals surface area contributed by atoms with E-state index in [-0.39, 0.29) is 17.3 Å². The van der Waals surface area contributed by atoms with Gasteiger partial charge in [0.25, 0.3) is 0 Å². The predicted molar refractivity (Wildman–Crippen MR) is 128 cm³/mol. The van der Waals surface area contributed by atoms with Crippen molar-refractivity contribution < 1.29 is 14.3 Å². The Morgan fingerprint density at radius 2 is 2.06 bits per heavy atom. The molecule has 0 saturated carbocycles. The van der Waals surface area contributed by atoms with Gasteiger partial charge >= 0.3 is 0 Å². The molecule has 1 fully saturated rings. The van der Waals surface area contributed by atoms with E-state index < -0.39 is 0 Å². The number of hydrogen-bond acceptors (Lipinski definition) is 7. The third-order valence-corrected chi connectivity index (χ3v) is 6.79. The molecule has 5 rings (SSSR count). The van der Waals surface area contributed by atoms with Gasteiger partial charge in [0.05, 0.1) is 24.0 Å². The van der Waals surface area contributed by atoms with Crippen LogP contribution in [0.1, 0.15) is 19.8 Å². The summed E-state index contributed by atoms with van der Waals surface area (Å²) >= 11 is 1.37. The highest BCUT2D eigenvalue weighted by Gasteiger charge is 2.23. The van der Waals surface area contributed by atoms with E-state index in [1.807, 2.05) is 59.9 Å². The Morgan fingerprint density at radius 1 is 1.24 bits per heavy atom. The average molecular weight is 464 g/mol. The third-order valence-electron chi connectivity index (χ3n) is 5.74. The van der Waals surface area contributed by atoms with Gasteiger partial charge < -0.3 is 14.8 Å². The van der Waals surface area contributed by atoms with Crippen LogP contribution in [0.15, 0.2) is 53.7 Å². The summed E-state index contributed by atoms with van der Waals surface area (Å²) in [7, 11) is 1.64. The molecule has 0 radical (unpaired) electrons. The summed E-state index contributed by atoms with van der Waals surface area (Å²) in [5, 5.41) is 13.1. The fourth-order valence-electron chi connectivity index (χ4n) is 3.94. The van der Waals surface area contributed by atoms with Gasteiger partial charge in [0.1, 0.15) is 11.6 Å². The number of ether oxygens (including phenoxy) is 2. The summed E-state index contributed by atoms with van der Waals surface area (Å²) in [6.07, 6.45) is 2.14. The number of benzene rings is 2. The quantitative estimate of drug-likeness (QED) is 0.418. The maximum atomic E-state index is 12.7. The summed E-state index contributed by atoms with van der Waals surface area (Å²) in [5.41, 5.74) is 2.45. The smallest absolute Gasteiger partial charge is 0.233 e. The average Bonchev–Trinajstić information content (AvgIpc) is 3.52. The number of rotatable bonds is 7. The molecule has 1 N–H and O–H groups in total. The van der Waals surface area contributed by atoms with Crippen LogP contribution in [0.3, 0.4) is 0 Å². The molecule has 1 amide bonds. The Bertz CT molecular complexity index is 1280. The van der Waals surface area contributed by atoms with Crippen molar-refractivity contribution in [3.63, 3.8) is 0 Å². The molecule has 0 spiro atoms. The highest BCUT2D eigenvalue weighted by molar-refractivity contribution is 8.00. The van der Waals surface area contributed by atoms with Crippen molar-refractivity contribution in [2.24, 2.45) is 0 Å². The lowest BCUT2D eigenvalue weighted by atomic mass is 10.1. The molecule has 8 nitrogen and oxygen atoms in total. The summed E-state index contributed by atoms with van der Waals surface area (Å²) in [5.74, 6) is 1.43. The number of nitrogens with one attached hydrogen (secondary N) is 1. The van der Waals surface area contributed by atoms with Gasteiger partial charge in [-0.3, -0.25) is 9.20 Å². The molecule has 1 aliphatic rings. The first-order chi connectivity index (χ1) is 16.1. The number of aromatic nitrogens is 4. The third kappa shape index (κ3) is 4.38. The molecule has 3 heterocycles. The number of para-hydroxylation sites is 1. The fraction of sp³-hybridized carbons (Fsp3) is 0.333. The van der Waals surface area contributed by atoms with E-state index in [9.17, 15) is 4.79 Å². The van der Waals surface area contributed by atoms with E-state index >= 15 is 0 Å². The van der Waals surface area contributed by atoms with Crippen molar-refractivity contribution in [3.8, 4) is 17.1 Å². The first-order valence-electron chi connectivity index (χ1n) is 11.0. The van der Waals surface area contributed by atoms with Crippen LogP contribution >= 0.6 is 11.8 Å². The Morgan fingerprint density at radius 3 is 2.82 bits per heavy atom. The van der Waals surface area contributed by atoms with Crippen molar-refractivity contribution in [2.75, 3.05) is 20.3 Å². The maximum absolute atomic E-state index is 12.7. The van der Waals surface area contributed by atoms with E-state index in [4.69, 9.17) is 14.5 Å². The van der Waals surface area contributed by atoms with Crippen molar-refractivity contribution in [2.45, 2.75) is 36.3 Å². The number of methoxy groups -OCH3 is 1. The summed E-state index contributed by atoms with van der Waals surface area (Å²) in [6, 6.07) is 15.6. The highest BCUT2D eigenvalue weighted by atomic mass is 32.2. The predicted octanol–water partition coefficient (Wildman–Crippen LogP) is 3.73. The zero-order valence-electron chi connectivity index (χ0n) is 18.5. The number of thioether (sulfide) groups is 1. The fourth-order valence-corrected chi connectivity index (χ4v) is 4.82. The summed E-state index contributed by atoms with van der Waals surface area (Å²) < 4.78 is 12.8. The molecule has 170 valence electrons. The minimum absolute atomic E-state index is 0.0491. The molecule has 0 unspecified atom stereocenters. The minimum Gasteiger partial charge on any atom is -0.497 e. The van der Waals surface area contributed by atoms with Crippen LogP contribution in [0.4, 0.5) is 0 Å². The van der Waals surface area contributed by atoms with E-state index in [1.54, 1.807) is 7.11 Å². The second-order valence-corrected chi connectivity index (χ2v) is 9.27. The van der Waals surface area contributed by atoms with Crippen LogP contribution in [-0.2, 0) is 9.53 Å². The molecule has 1 saturated heterocycles. The first-order valence-corrected chi connectivity index (χ1v) is 11.9. The maximum Gasteiger partial charge on any atom is 0.233 e. The Labute approximate surface area is 195 Å². The van der Waals surface area contributed by atoms with Crippen LogP contribution < -0.4 is 10.1 Å². The second kappa shape index (κ2) is 9.36. The largest absolute Gasteiger partial charge is 0.497 e. The van der Waals surface area contributed by atoms with E-state index in [2.05, 4.69) is 15.5 Å². The van der Waals surface area contributed by atoms with Gasteiger partial charge in [-0.1, -0.05) is 23.9 Å². The Kier molecular flexibility index (Phi) is 6.15. The van der Waals surface area contributed by atoms with Gasteiger partial charge in [0.2, 0.25) is 5.91 Å². The zero-order chi connectivity index (χ0) is 22.8. The Hall–Kier alpha value is -3.17. The SMILES string of the molecule is COc1ccc(-c2nc3ccccc3c3nnc(S[C@H](C)C(=O)NC[C@@H]4CCCO4)n23)cc1. The zero-order valence-corrected chi connectivity index (χ0v) is 19.3.